The van der Waals surface area contributed by atoms with Crippen LogP contribution in [0.1, 0.15) is 31.1 Å². The van der Waals surface area contributed by atoms with E-state index in [9.17, 15) is 19.7 Å². The maximum Gasteiger partial charge on any atom is 0.270 e. The van der Waals surface area contributed by atoms with E-state index in [0.29, 0.717) is 17.4 Å². The third-order valence-electron chi connectivity index (χ3n) is 4.19. The number of nitro groups is 1. The fourth-order valence-electron chi connectivity index (χ4n) is 2.21. The molecule has 0 fully saturated rings. The molecule has 0 radical (unpaired) electrons. The van der Waals surface area contributed by atoms with Crippen LogP contribution >= 0.6 is 0 Å². The summed E-state index contributed by atoms with van der Waals surface area (Å²) in [4.78, 5) is 34.3. The van der Waals surface area contributed by atoms with Crippen LogP contribution in [0.3, 0.4) is 0 Å². The van der Waals surface area contributed by atoms with E-state index >= 15 is 0 Å². The highest BCUT2D eigenvalue weighted by Gasteiger charge is 2.13. The first-order valence-corrected chi connectivity index (χ1v) is 8.84. The number of nitro benzene ring substituents is 1. The molecule has 0 aliphatic rings. The van der Waals surface area contributed by atoms with Crippen molar-refractivity contribution in [2.45, 2.75) is 26.8 Å². The van der Waals surface area contributed by atoms with Crippen LogP contribution in [-0.2, 0) is 4.79 Å². The average molecular weight is 385 g/mol. The van der Waals surface area contributed by atoms with Gasteiger partial charge < -0.3 is 15.4 Å². The summed E-state index contributed by atoms with van der Waals surface area (Å²) < 4.78 is 5.44. The van der Waals surface area contributed by atoms with E-state index in [2.05, 4.69) is 10.6 Å². The van der Waals surface area contributed by atoms with E-state index in [1.807, 2.05) is 20.8 Å². The van der Waals surface area contributed by atoms with Gasteiger partial charge in [0.05, 0.1) is 4.92 Å². The zero-order valence-corrected chi connectivity index (χ0v) is 16.0. The quantitative estimate of drug-likeness (QED) is 0.534. The van der Waals surface area contributed by atoms with Crippen LogP contribution < -0.4 is 15.4 Å². The summed E-state index contributed by atoms with van der Waals surface area (Å²) in [7, 11) is 0. The van der Waals surface area contributed by atoms with E-state index in [-0.39, 0.29) is 29.8 Å². The molecular weight excluding hydrogens is 362 g/mol. The normalized spacial score (nSPS) is 11.6. The van der Waals surface area contributed by atoms with Crippen molar-refractivity contribution < 1.29 is 19.2 Å². The fourth-order valence-corrected chi connectivity index (χ4v) is 2.21. The predicted octanol–water partition coefficient (Wildman–Crippen LogP) is 3.39. The van der Waals surface area contributed by atoms with Crippen LogP contribution in [0.25, 0.3) is 0 Å². The number of ether oxygens (including phenoxy) is 1. The van der Waals surface area contributed by atoms with Crippen molar-refractivity contribution >= 4 is 23.2 Å². The van der Waals surface area contributed by atoms with Crippen molar-refractivity contribution in [1.82, 2.24) is 5.32 Å². The number of nitrogens with zero attached hydrogens (tertiary/aromatic N) is 1. The first-order chi connectivity index (χ1) is 13.3. The smallest absolute Gasteiger partial charge is 0.270 e. The summed E-state index contributed by atoms with van der Waals surface area (Å²) in [6.07, 6.45) is 0. The minimum absolute atomic E-state index is 0.0579. The van der Waals surface area contributed by atoms with Gasteiger partial charge in [-0.15, -0.1) is 0 Å². The van der Waals surface area contributed by atoms with E-state index in [4.69, 9.17) is 4.74 Å². The second-order valence-electron chi connectivity index (χ2n) is 6.67. The van der Waals surface area contributed by atoms with Crippen LogP contribution in [0, 0.1) is 16.0 Å². The van der Waals surface area contributed by atoms with Crippen LogP contribution in [-0.4, -0.2) is 29.4 Å². The predicted molar refractivity (Wildman–Crippen MR) is 105 cm³/mol. The minimum atomic E-state index is -0.555. The van der Waals surface area contributed by atoms with Crippen LogP contribution in [0.4, 0.5) is 11.4 Å². The molecule has 0 aliphatic heterocycles. The molecule has 2 amide bonds. The molecule has 0 bridgehead atoms. The lowest BCUT2D eigenvalue weighted by molar-refractivity contribution is -0.384. The molecule has 0 heterocycles. The van der Waals surface area contributed by atoms with Gasteiger partial charge in [-0.05, 0) is 43.2 Å². The number of benzene rings is 2. The highest BCUT2D eigenvalue weighted by atomic mass is 16.6. The van der Waals surface area contributed by atoms with Gasteiger partial charge in [0.1, 0.15) is 5.75 Å². The molecule has 2 aromatic carbocycles. The van der Waals surface area contributed by atoms with Gasteiger partial charge in [0, 0.05) is 29.4 Å². The van der Waals surface area contributed by atoms with Gasteiger partial charge in [0.2, 0.25) is 0 Å². The van der Waals surface area contributed by atoms with E-state index < -0.39 is 10.8 Å². The van der Waals surface area contributed by atoms with Crippen molar-refractivity contribution in [3.8, 4) is 5.75 Å². The fraction of sp³-hybridized carbons (Fsp3) is 0.300. The molecule has 0 saturated heterocycles. The molecule has 8 heteroatoms. The van der Waals surface area contributed by atoms with Crippen molar-refractivity contribution in [2.24, 2.45) is 5.92 Å². The van der Waals surface area contributed by atoms with Crippen LogP contribution in [0.2, 0.25) is 0 Å². The Morgan fingerprint density at radius 1 is 1.11 bits per heavy atom. The lowest BCUT2D eigenvalue weighted by Gasteiger charge is -2.17. The largest absolute Gasteiger partial charge is 0.484 e. The molecule has 148 valence electrons. The monoisotopic (exact) mass is 385 g/mol. The Morgan fingerprint density at radius 3 is 2.39 bits per heavy atom. The molecule has 0 unspecified atom stereocenters. The Morgan fingerprint density at radius 2 is 1.79 bits per heavy atom. The molecule has 0 aromatic heterocycles. The molecule has 0 saturated carbocycles. The number of hydrogen-bond acceptors (Lipinski definition) is 5. The van der Waals surface area contributed by atoms with Crippen LogP contribution in [0.5, 0.6) is 5.75 Å². The number of rotatable bonds is 8. The Labute approximate surface area is 163 Å². The Balaban J connectivity index is 1.90. The third kappa shape index (κ3) is 6.08. The molecule has 28 heavy (non-hydrogen) atoms. The SMILES string of the molecule is CC(C)[C@H](C)NC(=O)COc1ccc(NC(=O)c2cccc([N+](=O)[O-])c2)cc1. The summed E-state index contributed by atoms with van der Waals surface area (Å²) in [6, 6.07) is 12.0. The zero-order valence-electron chi connectivity index (χ0n) is 16.0. The summed E-state index contributed by atoms with van der Waals surface area (Å²) in [5.74, 6) is 0.155. The van der Waals surface area contributed by atoms with Gasteiger partial charge in [0.15, 0.2) is 6.61 Å². The first kappa shape index (κ1) is 20.9. The summed E-state index contributed by atoms with van der Waals surface area (Å²) in [5, 5.41) is 16.3. The topological polar surface area (TPSA) is 111 Å². The first-order valence-electron chi connectivity index (χ1n) is 8.84. The maximum atomic E-state index is 12.2. The number of nitrogens with one attached hydrogen (secondary N) is 2. The maximum absolute atomic E-state index is 12.2. The Kier molecular flexibility index (Phi) is 7.08. The number of hydrogen-bond donors (Lipinski definition) is 2. The highest BCUT2D eigenvalue weighted by Crippen LogP contribution is 2.18. The van der Waals surface area contributed by atoms with Gasteiger partial charge in [-0.1, -0.05) is 19.9 Å². The molecule has 1 atom stereocenters. The van der Waals surface area contributed by atoms with Crippen molar-refractivity contribution in [2.75, 3.05) is 11.9 Å². The minimum Gasteiger partial charge on any atom is -0.484 e. The molecule has 0 aliphatic carbocycles. The number of carbonyl (C=O) groups is 2. The zero-order chi connectivity index (χ0) is 20.7. The van der Waals surface area contributed by atoms with Gasteiger partial charge >= 0.3 is 0 Å². The van der Waals surface area contributed by atoms with Crippen LogP contribution in [0.15, 0.2) is 48.5 Å². The number of anilines is 1. The lowest BCUT2D eigenvalue weighted by atomic mass is 10.1. The van der Waals surface area contributed by atoms with E-state index in [1.54, 1.807) is 24.3 Å². The number of non-ortho nitro benzene ring substituents is 1. The standard InChI is InChI=1S/C20H23N3O5/c1-13(2)14(3)21-19(24)12-28-18-9-7-16(8-10-18)22-20(25)15-5-4-6-17(11-15)23(26)27/h4-11,13-14H,12H2,1-3H3,(H,21,24)(H,22,25)/t14-/m0/s1. The van der Waals surface area contributed by atoms with E-state index in [0.717, 1.165) is 0 Å². The van der Waals surface area contributed by atoms with Gasteiger partial charge in [-0.2, -0.15) is 0 Å². The number of amides is 2. The second kappa shape index (κ2) is 9.50. The summed E-state index contributed by atoms with van der Waals surface area (Å²) >= 11 is 0. The number of carbonyl (C=O) groups excluding carboxylic acids is 2. The third-order valence-corrected chi connectivity index (χ3v) is 4.19. The van der Waals surface area contributed by atoms with E-state index in [1.165, 1.54) is 24.3 Å². The summed E-state index contributed by atoms with van der Waals surface area (Å²) in [5.41, 5.74) is 0.536. The van der Waals surface area contributed by atoms with Gasteiger partial charge in [-0.3, -0.25) is 19.7 Å². The van der Waals surface area contributed by atoms with Crippen molar-refractivity contribution in [3.05, 3.63) is 64.2 Å². The molecule has 0 spiro atoms. The molecule has 2 N–H and O–H groups in total. The second-order valence-corrected chi connectivity index (χ2v) is 6.67. The average Bonchev–Trinajstić information content (AvgIpc) is 2.67. The molecule has 2 rings (SSSR count). The molecule has 2 aromatic rings. The lowest BCUT2D eigenvalue weighted by Crippen LogP contribution is -2.38. The Hall–Kier alpha value is -3.42. The van der Waals surface area contributed by atoms with Crippen molar-refractivity contribution in [3.63, 3.8) is 0 Å². The molecule has 8 nitrogen and oxygen atoms in total. The van der Waals surface area contributed by atoms with Crippen molar-refractivity contribution in [1.29, 1.82) is 0 Å². The Bertz CT molecular complexity index is 849. The van der Waals surface area contributed by atoms with Gasteiger partial charge in [-0.25, -0.2) is 0 Å². The summed E-state index contributed by atoms with van der Waals surface area (Å²) in [6.45, 7) is 5.87. The highest BCUT2D eigenvalue weighted by molar-refractivity contribution is 6.04. The molecular formula is C20H23N3O5. The van der Waals surface area contributed by atoms with Gasteiger partial charge in [0.25, 0.3) is 17.5 Å².